The van der Waals surface area contributed by atoms with Crippen LogP contribution < -0.4 is 5.32 Å². The molecule has 24 heavy (non-hydrogen) atoms. The van der Waals surface area contributed by atoms with Crippen molar-refractivity contribution in [3.05, 3.63) is 46.0 Å². The summed E-state index contributed by atoms with van der Waals surface area (Å²) < 4.78 is 5.67. The van der Waals surface area contributed by atoms with Crippen molar-refractivity contribution in [1.82, 2.24) is 20.5 Å². The number of carbonyl (C=O) groups excluding carboxylic acids is 1. The molecule has 0 bridgehead atoms. The molecule has 2 N–H and O–H groups in total. The van der Waals surface area contributed by atoms with Crippen LogP contribution in [0.3, 0.4) is 0 Å². The number of pyridine rings is 1. The molecule has 0 saturated carbocycles. The molecule has 7 heteroatoms. The SMILES string of the molecule is CC(C)c1[nH]nc(C(=O)Cc2ccc([C@@H]3CNCCO3)nc2)c1Cl. The Morgan fingerprint density at radius 2 is 2.29 bits per heavy atom. The molecule has 1 atom stereocenters. The van der Waals surface area contributed by atoms with Gasteiger partial charge in [0.2, 0.25) is 0 Å². The molecule has 0 amide bonds. The van der Waals surface area contributed by atoms with E-state index in [0.717, 1.165) is 30.0 Å². The zero-order valence-corrected chi connectivity index (χ0v) is 14.6. The Bertz CT molecular complexity index is 706. The van der Waals surface area contributed by atoms with Gasteiger partial charge in [0.05, 0.1) is 23.0 Å². The van der Waals surface area contributed by atoms with Crippen molar-refractivity contribution >= 4 is 17.4 Å². The average Bonchev–Trinajstić information content (AvgIpc) is 2.98. The number of ether oxygens (including phenoxy) is 1. The molecule has 2 aromatic heterocycles. The Kier molecular flexibility index (Phi) is 5.28. The zero-order valence-electron chi connectivity index (χ0n) is 13.8. The molecule has 128 valence electrons. The number of halogens is 1. The summed E-state index contributed by atoms with van der Waals surface area (Å²) in [5.41, 5.74) is 2.79. The molecule has 1 aliphatic rings. The van der Waals surface area contributed by atoms with Crippen molar-refractivity contribution in [3.63, 3.8) is 0 Å². The minimum absolute atomic E-state index is 0.0297. The largest absolute Gasteiger partial charge is 0.369 e. The highest BCUT2D eigenvalue weighted by molar-refractivity contribution is 6.34. The number of morpholine rings is 1. The van der Waals surface area contributed by atoms with Gasteiger partial charge in [-0.1, -0.05) is 31.5 Å². The van der Waals surface area contributed by atoms with E-state index >= 15 is 0 Å². The topological polar surface area (TPSA) is 79.9 Å². The summed E-state index contributed by atoms with van der Waals surface area (Å²) in [6, 6.07) is 3.81. The molecule has 0 spiro atoms. The number of carbonyl (C=O) groups is 1. The first-order chi connectivity index (χ1) is 11.6. The molecule has 1 saturated heterocycles. The number of hydrogen-bond acceptors (Lipinski definition) is 5. The van der Waals surface area contributed by atoms with E-state index in [9.17, 15) is 4.79 Å². The highest BCUT2D eigenvalue weighted by atomic mass is 35.5. The Morgan fingerprint density at radius 1 is 1.46 bits per heavy atom. The molecule has 3 rings (SSSR count). The van der Waals surface area contributed by atoms with E-state index in [0.29, 0.717) is 17.3 Å². The van der Waals surface area contributed by atoms with Gasteiger partial charge >= 0.3 is 0 Å². The van der Waals surface area contributed by atoms with Crippen molar-refractivity contribution in [2.24, 2.45) is 0 Å². The number of nitrogens with one attached hydrogen (secondary N) is 2. The highest BCUT2D eigenvalue weighted by Crippen LogP contribution is 2.26. The molecular formula is C17H21ClN4O2. The van der Waals surface area contributed by atoms with Gasteiger partial charge in [0.15, 0.2) is 5.78 Å². The van der Waals surface area contributed by atoms with Crippen LogP contribution in [-0.4, -0.2) is 40.7 Å². The van der Waals surface area contributed by atoms with Crippen molar-refractivity contribution in [3.8, 4) is 0 Å². The first-order valence-electron chi connectivity index (χ1n) is 8.10. The maximum Gasteiger partial charge on any atom is 0.189 e. The third-order valence-corrected chi connectivity index (χ3v) is 4.43. The molecule has 0 unspecified atom stereocenters. The van der Waals surface area contributed by atoms with Gasteiger partial charge in [-0.15, -0.1) is 0 Å². The summed E-state index contributed by atoms with van der Waals surface area (Å²) in [4.78, 5) is 16.9. The van der Waals surface area contributed by atoms with Crippen LogP contribution in [0.25, 0.3) is 0 Å². The third kappa shape index (κ3) is 3.66. The lowest BCUT2D eigenvalue weighted by atomic mass is 10.1. The number of Topliss-reactive ketones (excluding diaryl/α,β-unsaturated/α-hetero) is 1. The zero-order chi connectivity index (χ0) is 17.1. The van der Waals surface area contributed by atoms with Gasteiger partial charge in [0.1, 0.15) is 11.8 Å². The second-order valence-electron chi connectivity index (χ2n) is 6.21. The predicted molar refractivity (Wildman–Crippen MR) is 91.5 cm³/mol. The van der Waals surface area contributed by atoms with Gasteiger partial charge in [-0.05, 0) is 17.5 Å². The van der Waals surface area contributed by atoms with E-state index in [2.05, 4.69) is 20.5 Å². The van der Waals surface area contributed by atoms with E-state index in [1.165, 1.54) is 0 Å². The highest BCUT2D eigenvalue weighted by Gasteiger charge is 2.21. The average molecular weight is 349 g/mol. The van der Waals surface area contributed by atoms with Gasteiger partial charge in [0.25, 0.3) is 0 Å². The lowest BCUT2D eigenvalue weighted by molar-refractivity contribution is 0.0250. The van der Waals surface area contributed by atoms with Gasteiger partial charge < -0.3 is 10.1 Å². The number of H-pyrrole nitrogens is 1. The van der Waals surface area contributed by atoms with Gasteiger partial charge in [-0.25, -0.2) is 0 Å². The summed E-state index contributed by atoms with van der Waals surface area (Å²) in [7, 11) is 0. The van der Waals surface area contributed by atoms with Crippen LogP contribution >= 0.6 is 11.6 Å². The first kappa shape index (κ1) is 17.1. The summed E-state index contributed by atoms with van der Waals surface area (Å²) in [6.07, 6.45) is 1.91. The Hall–Kier alpha value is -1.76. The molecule has 1 fully saturated rings. The molecule has 1 aliphatic heterocycles. The normalized spacial score (nSPS) is 18.1. The van der Waals surface area contributed by atoms with Crippen molar-refractivity contribution < 1.29 is 9.53 Å². The van der Waals surface area contributed by atoms with Crippen LogP contribution in [0.15, 0.2) is 18.3 Å². The standard InChI is InChI=1S/C17H21ClN4O2/c1-10(2)16-15(18)17(22-21-16)13(23)7-11-3-4-12(20-8-11)14-9-19-5-6-24-14/h3-4,8,10,14,19H,5-7,9H2,1-2H3,(H,21,22)/t14-/m0/s1. The van der Waals surface area contributed by atoms with Crippen molar-refractivity contribution in [1.29, 1.82) is 0 Å². The smallest absolute Gasteiger partial charge is 0.189 e. The van der Waals surface area contributed by atoms with Crippen LogP contribution in [0.5, 0.6) is 0 Å². The molecule has 6 nitrogen and oxygen atoms in total. The third-order valence-electron chi connectivity index (χ3n) is 4.04. The van der Waals surface area contributed by atoms with Crippen LogP contribution in [0.2, 0.25) is 5.02 Å². The second-order valence-corrected chi connectivity index (χ2v) is 6.59. The maximum atomic E-state index is 12.4. The number of aromatic nitrogens is 3. The van der Waals surface area contributed by atoms with E-state index in [1.54, 1.807) is 6.20 Å². The van der Waals surface area contributed by atoms with Gasteiger partial charge in [-0.2, -0.15) is 5.10 Å². The monoisotopic (exact) mass is 348 g/mol. The molecular weight excluding hydrogens is 328 g/mol. The number of nitrogens with zero attached hydrogens (tertiary/aromatic N) is 2. The molecule has 0 aliphatic carbocycles. The minimum atomic E-state index is -0.117. The summed E-state index contributed by atoms with van der Waals surface area (Å²) in [5, 5.41) is 10.6. The molecule has 0 radical (unpaired) electrons. The molecule has 3 heterocycles. The number of aromatic amines is 1. The lowest BCUT2D eigenvalue weighted by Gasteiger charge is -2.23. The van der Waals surface area contributed by atoms with Gasteiger partial charge in [-0.3, -0.25) is 14.9 Å². The van der Waals surface area contributed by atoms with E-state index in [-0.39, 0.29) is 24.2 Å². The summed E-state index contributed by atoms with van der Waals surface area (Å²) in [6.45, 7) is 6.30. The predicted octanol–water partition coefficient (Wildman–Crippen LogP) is 2.67. The fourth-order valence-corrected chi connectivity index (χ4v) is 3.07. The molecule has 2 aromatic rings. The second kappa shape index (κ2) is 7.42. The van der Waals surface area contributed by atoms with E-state index in [4.69, 9.17) is 16.3 Å². The fourth-order valence-electron chi connectivity index (χ4n) is 2.66. The summed E-state index contributed by atoms with van der Waals surface area (Å²) in [5.74, 6) is 0.0740. The van der Waals surface area contributed by atoms with E-state index in [1.807, 2.05) is 26.0 Å². The van der Waals surface area contributed by atoms with Crippen LogP contribution in [0, 0.1) is 0 Å². The van der Waals surface area contributed by atoms with Crippen LogP contribution in [0.4, 0.5) is 0 Å². The Labute approximate surface area is 146 Å². The van der Waals surface area contributed by atoms with Crippen molar-refractivity contribution in [2.45, 2.75) is 32.3 Å². The quantitative estimate of drug-likeness (QED) is 0.812. The van der Waals surface area contributed by atoms with Crippen molar-refractivity contribution in [2.75, 3.05) is 19.7 Å². The van der Waals surface area contributed by atoms with Crippen LogP contribution in [-0.2, 0) is 11.2 Å². The maximum absolute atomic E-state index is 12.4. The number of hydrogen-bond donors (Lipinski definition) is 2. The number of rotatable bonds is 5. The first-order valence-corrected chi connectivity index (χ1v) is 8.48. The molecule has 0 aromatic carbocycles. The van der Waals surface area contributed by atoms with E-state index < -0.39 is 0 Å². The van der Waals surface area contributed by atoms with Gasteiger partial charge in [0, 0.05) is 25.7 Å². The number of ketones is 1. The Morgan fingerprint density at radius 3 is 2.88 bits per heavy atom. The fraction of sp³-hybridized carbons (Fsp3) is 0.471. The van der Waals surface area contributed by atoms with Crippen LogP contribution in [0.1, 0.15) is 53.3 Å². The minimum Gasteiger partial charge on any atom is -0.369 e. The summed E-state index contributed by atoms with van der Waals surface area (Å²) >= 11 is 6.25. The lowest BCUT2D eigenvalue weighted by Crippen LogP contribution is -2.33. The Balaban J connectivity index is 1.68.